The molecular weight excluding hydrogens is 366 g/mol. The third kappa shape index (κ3) is 4.53. The maximum absolute atomic E-state index is 12.4. The molecule has 2 amide bonds. The SMILES string of the molecule is CN1C(=O)[C@@H](CC(=O)Nc2ccc(C(=O)O)cc2)SC1=Nc1ccccc1. The lowest BCUT2D eigenvalue weighted by Gasteiger charge is -2.09. The van der Waals surface area contributed by atoms with Crippen LogP contribution in [0.1, 0.15) is 16.8 Å². The van der Waals surface area contributed by atoms with Gasteiger partial charge in [-0.3, -0.25) is 14.5 Å². The van der Waals surface area contributed by atoms with Crippen molar-refractivity contribution in [3.05, 3.63) is 60.2 Å². The van der Waals surface area contributed by atoms with Crippen LogP contribution >= 0.6 is 11.8 Å². The van der Waals surface area contributed by atoms with E-state index in [-0.39, 0.29) is 23.8 Å². The van der Waals surface area contributed by atoms with Crippen LogP contribution in [0.25, 0.3) is 0 Å². The van der Waals surface area contributed by atoms with Gasteiger partial charge in [-0.1, -0.05) is 30.0 Å². The number of anilines is 1. The summed E-state index contributed by atoms with van der Waals surface area (Å²) in [5.41, 5.74) is 1.35. The fraction of sp³-hybridized carbons (Fsp3) is 0.158. The summed E-state index contributed by atoms with van der Waals surface area (Å²) in [4.78, 5) is 41.4. The molecule has 0 aliphatic carbocycles. The van der Waals surface area contributed by atoms with Gasteiger partial charge < -0.3 is 10.4 Å². The predicted octanol–water partition coefficient (Wildman–Crippen LogP) is 2.97. The van der Waals surface area contributed by atoms with E-state index in [0.29, 0.717) is 10.9 Å². The first-order valence-corrected chi connectivity index (χ1v) is 9.03. The van der Waals surface area contributed by atoms with Crippen LogP contribution in [-0.4, -0.2) is 45.3 Å². The Hall–Kier alpha value is -3.13. The minimum atomic E-state index is -1.03. The van der Waals surface area contributed by atoms with Gasteiger partial charge in [-0.15, -0.1) is 0 Å². The van der Waals surface area contributed by atoms with E-state index in [2.05, 4.69) is 10.3 Å². The molecule has 138 valence electrons. The lowest BCUT2D eigenvalue weighted by atomic mass is 10.2. The van der Waals surface area contributed by atoms with Crippen molar-refractivity contribution in [2.24, 2.45) is 4.99 Å². The van der Waals surface area contributed by atoms with Crippen molar-refractivity contribution in [1.29, 1.82) is 0 Å². The van der Waals surface area contributed by atoms with Crippen molar-refractivity contribution in [3.8, 4) is 0 Å². The Kier molecular flexibility index (Phi) is 5.56. The molecule has 1 atom stereocenters. The second-order valence-corrected chi connectivity index (χ2v) is 7.04. The second-order valence-electron chi connectivity index (χ2n) is 5.87. The Balaban J connectivity index is 1.63. The van der Waals surface area contributed by atoms with E-state index in [0.717, 1.165) is 5.69 Å². The molecule has 1 fully saturated rings. The number of aliphatic imine (C=N–C) groups is 1. The molecule has 2 N–H and O–H groups in total. The fourth-order valence-corrected chi connectivity index (χ4v) is 3.64. The maximum Gasteiger partial charge on any atom is 0.335 e. The summed E-state index contributed by atoms with van der Waals surface area (Å²) in [5.74, 6) is -1.53. The van der Waals surface area contributed by atoms with Gasteiger partial charge in [-0.25, -0.2) is 9.79 Å². The molecule has 1 aliphatic heterocycles. The van der Waals surface area contributed by atoms with Gasteiger partial charge in [-0.2, -0.15) is 0 Å². The van der Waals surface area contributed by atoms with Gasteiger partial charge in [0.05, 0.1) is 11.3 Å². The minimum absolute atomic E-state index is 0.00231. The maximum atomic E-state index is 12.4. The van der Waals surface area contributed by atoms with Crippen LogP contribution in [0, 0.1) is 0 Å². The zero-order chi connectivity index (χ0) is 19.4. The molecule has 2 aromatic rings. The molecule has 1 saturated heterocycles. The van der Waals surface area contributed by atoms with Crippen molar-refractivity contribution in [2.45, 2.75) is 11.7 Å². The number of nitrogens with one attached hydrogen (secondary N) is 1. The Bertz CT molecular complexity index is 897. The van der Waals surface area contributed by atoms with E-state index in [4.69, 9.17) is 5.11 Å². The van der Waals surface area contributed by atoms with E-state index < -0.39 is 11.2 Å². The summed E-state index contributed by atoms with van der Waals surface area (Å²) in [6.45, 7) is 0. The van der Waals surface area contributed by atoms with Gasteiger partial charge in [0.2, 0.25) is 11.8 Å². The first-order valence-electron chi connectivity index (χ1n) is 8.15. The first-order chi connectivity index (χ1) is 12.9. The average molecular weight is 383 g/mol. The molecule has 27 heavy (non-hydrogen) atoms. The Morgan fingerprint density at radius 2 is 1.81 bits per heavy atom. The van der Waals surface area contributed by atoms with E-state index in [1.54, 1.807) is 7.05 Å². The summed E-state index contributed by atoms with van der Waals surface area (Å²) in [6, 6.07) is 15.1. The molecule has 7 nitrogen and oxygen atoms in total. The summed E-state index contributed by atoms with van der Waals surface area (Å²) in [5, 5.41) is 11.6. The van der Waals surface area contributed by atoms with Crippen LogP contribution < -0.4 is 5.32 Å². The largest absolute Gasteiger partial charge is 0.478 e. The highest BCUT2D eigenvalue weighted by Gasteiger charge is 2.36. The summed E-state index contributed by atoms with van der Waals surface area (Å²) >= 11 is 1.25. The number of thioether (sulfide) groups is 1. The number of carboxylic acids is 1. The molecular formula is C19H17N3O4S. The number of benzene rings is 2. The predicted molar refractivity (Wildman–Crippen MR) is 104 cm³/mol. The van der Waals surface area contributed by atoms with E-state index in [1.165, 1.54) is 40.9 Å². The number of para-hydroxylation sites is 1. The number of amides is 2. The van der Waals surface area contributed by atoms with Crippen molar-refractivity contribution in [2.75, 3.05) is 12.4 Å². The van der Waals surface area contributed by atoms with Crippen molar-refractivity contribution in [3.63, 3.8) is 0 Å². The summed E-state index contributed by atoms with van der Waals surface area (Å²) in [7, 11) is 1.64. The Labute approximate surface area is 160 Å². The van der Waals surface area contributed by atoms with Crippen LogP contribution in [0.2, 0.25) is 0 Å². The molecule has 0 aromatic heterocycles. The first kappa shape index (κ1) is 18.7. The molecule has 1 aliphatic rings. The quantitative estimate of drug-likeness (QED) is 0.827. The molecule has 0 saturated carbocycles. The van der Waals surface area contributed by atoms with Gasteiger partial charge in [0.1, 0.15) is 5.25 Å². The van der Waals surface area contributed by atoms with Crippen LogP contribution in [0.5, 0.6) is 0 Å². The van der Waals surface area contributed by atoms with Crippen molar-refractivity contribution < 1.29 is 19.5 Å². The molecule has 2 aromatic carbocycles. The zero-order valence-electron chi connectivity index (χ0n) is 14.5. The van der Waals surface area contributed by atoms with Crippen molar-refractivity contribution >= 4 is 46.1 Å². The number of hydrogen-bond donors (Lipinski definition) is 2. The molecule has 0 bridgehead atoms. The van der Waals surface area contributed by atoms with Crippen LogP contribution in [-0.2, 0) is 9.59 Å². The third-order valence-electron chi connectivity index (χ3n) is 3.91. The Morgan fingerprint density at radius 3 is 2.44 bits per heavy atom. The standard InChI is InChI=1S/C19H17N3O4S/c1-22-17(24)15(27-19(22)21-13-5-3-2-4-6-13)11-16(23)20-14-9-7-12(8-10-14)18(25)26/h2-10,15H,11H2,1H3,(H,20,23)(H,25,26)/t15-/m1/s1. The fourth-order valence-electron chi connectivity index (χ4n) is 2.49. The number of aromatic carboxylic acids is 1. The molecule has 0 radical (unpaired) electrons. The smallest absolute Gasteiger partial charge is 0.335 e. The summed E-state index contributed by atoms with van der Waals surface area (Å²) in [6.07, 6.45) is 0.00231. The Morgan fingerprint density at radius 1 is 1.15 bits per heavy atom. The third-order valence-corrected chi connectivity index (χ3v) is 5.14. The highest BCUT2D eigenvalue weighted by molar-refractivity contribution is 8.15. The minimum Gasteiger partial charge on any atom is -0.478 e. The highest BCUT2D eigenvalue weighted by Crippen LogP contribution is 2.30. The van der Waals surface area contributed by atoms with Gasteiger partial charge in [0.25, 0.3) is 0 Å². The van der Waals surface area contributed by atoms with E-state index >= 15 is 0 Å². The van der Waals surface area contributed by atoms with Crippen LogP contribution in [0.15, 0.2) is 59.6 Å². The molecule has 1 heterocycles. The van der Waals surface area contributed by atoms with Crippen molar-refractivity contribution in [1.82, 2.24) is 4.90 Å². The molecule has 0 unspecified atom stereocenters. The van der Waals surface area contributed by atoms with Gasteiger partial charge in [-0.05, 0) is 36.4 Å². The highest BCUT2D eigenvalue weighted by atomic mass is 32.2. The molecule has 0 spiro atoms. The number of carbonyl (C=O) groups excluding carboxylic acids is 2. The van der Waals surface area contributed by atoms with Crippen LogP contribution in [0.3, 0.4) is 0 Å². The van der Waals surface area contributed by atoms with Gasteiger partial charge in [0, 0.05) is 19.2 Å². The summed E-state index contributed by atoms with van der Waals surface area (Å²) < 4.78 is 0. The lowest BCUT2D eigenvalue weighted by Crippen LogP contribution is -2.30. The number of amidine groups is 1. The van der Waals surface area contributed by atoms with E-state index in [9.17, 15) is 14.4 Å². The molecule has 8 heteroatoms. The lowest BCUT2D eigenvalue weighted by molar-refractivity contribution is -0.127. The number of rotatable bonds is 5. The number of nitrogens with zero attached hydrogens (tertiary/aromatic N) is 2. The number of carbonyl (C=O) groups is 3. The van der Waals surface area contributed by atoms with Gasteiger partial charge in [0.15, 0.2) is 5.17 Å². The average Bonchev–Trinajstić information content (AvgIpc) is 2.91. The number of hydrogen-bond acceptors (Lipinski definition) is 5. The normalized spacial score (nSPS) is 18.0. The molecule has 3 rings (SSSR count). The van der Waals surface area contributed by atoms with Gasteiger partial charge >= 0.3 is 5.97 Å². The zero-order valence-corrected chi connectivity index (χ0v) is 15.3. The second kappa shape index (κ2) is 8.05. The number of carboxylic acid groups (broad SMARTS) is 1. The monoisotopic (exact) mass is 383 g/mol. The van der Waals surface area contributed by atoms with Crippen LogP contribution in [0.4, 0.5) is 11.4 Å². The topological polar surface area (TPSA) is 99.1 Å². The van der Waals surface area contributed by atoms with E-state index in [1.807, 2.05) is 30.3 Å².